The molecule has 2 heterocycles. The molecule has 0 fully saturated rings. The van der Waals surface area contributed by atoms with Crippen molar-refractivity contribution in [3.05, 3.63) is 131 Å². The number of hydrogen-bond donors (Lipinski definition) is 2. The van der Waals surface area contributed by atoms with Crippen LogP contribution >= 0.6 is 0 Å². The molecule has 42 heavy (non-hydrogen) atoms. The maximum absolute atomic E-state index is 13.9. The minimum atomic E-state index is -4.53. The Morgan fingerprint density at radius 2 is 1.67 bits per heavy atom. The number of rotatable bonds is 7. The van der Waals surface area contributed by atoms with E-state index in [4.69, 9.17) is 0 Å². The Kier molecular flexibility index (Phi) is 6.90. The van der Waals surface area contributed by atoms with Gasteiger partial charge in [-0.25, -0.2) is 4.79 Å². The zero-order valence-electron chi connectivity index (χ0n) is 22.6. The number of carbonyl (C=O) groups is 1. The molecule has 0 saturated carbocycles. The van der Waals surface area contributed by atoms with Gasteiger partial charge in [-0.3, -0.25) is 4.98 Å². The molecule has 0 bridgehead atoms. The quantitative estimate of drug-likeness (QED) is 0.204. The molecule has 6 aromatic rings. The average Bonchev–Trinajstić information content (AvgIpc) is 3.31. The molecule has 2 N–H and O–H groups in total. The number of benzene rings is 4. The molecule has 0 aliphatic rings. The van der Waals surface area contributed by atoms with Gasteiger partial charge in [0.2, 0.25) is 0 Å². The molecule has 210 valence electrons. The van der Waals surface area contributed by atoms with Crippen LogP contribution in [0, 0.1) is 0 Å². The summed E-state index contributed by atoms with van der Waals surface area (Å²) in [6, 6.07) is 27.3. The summed E-state index contributed by atoms with van der Waals surface area (Å²) in [5.74, 6) is -0.991. The highest BCUT2D eigenvalue weighted by Crippen LogP contribution is 2.39. The first-order chi connectivity index (χ1) is 20.2. The van der Waals surface area contributed by atoms with Crippen molar-refractivity contribution in [1.29, 1.82) is 0 Å². The molecule has 4 aromatic carbocycles. The number of aromatic nitrogens is 2. The number of carboxylic acid groups (broad SMARTS) is 1. The highest BCUT2D eigenvalue weighted by Gasteiger charge is 2.33. The van der Waals surface area contributed by atoms with Crippen LogP contribution in [0.2, 0.25) is 0 Å². The lowest BCUT2D eigenvalue weighted by atomic mass is 9.91. The van der Waals surface area contributed by atoms with Crippen LogP contribution in [0.1, 0.15) is 32.6 Å². The van der Waals surface area contributed by atoms with E-state index in [-0.39, 0.29) is 11.1 Å². The second-order valence-corrected chi connectivity index (χ2v) is 10.3. The number of hydrogen-bond acceptors (Lipinski definition) is 3. The lowest BCUT2D eigenvalue weighted by Crippen LogP contribution is -2.07. The second kappa shape index (κ2) is 10.7. The Bertz CT molecular complexity index is 1950. The first-order valence-corrected chi connectivity index (χ1v) is 13.4. The molecule has 0 aliphatic carbocycles. The highest BCUT2D eigenvalue weighted by molar-refractivity contribution is 6.04. The molecule has 0 atom stereocenters. The van der Waals surface area contributed by atoms with E-state index in [2.05, 4.69) is 10.3 Å². The van der Waals surface area contributed by atoms with Gasteiger partial charge in [-0.15, -0.1) is 0 Å². The molecular weight excluding hydrogens is 539 g/mol. The number of alkyl halides is 3. The Labute approximate surface area is 239 Å². The van der Waals surface area contributed by atoms with Gasteiger partial charge in [-0.05, 0) is 64.6 Å². The molecule has 0 saturated heterocycles. The molecule has 0 amide bonds. The molecule has 0 radical (unpaired) electrons. The van der Waals surface area contributed by atoms with Crippen molar-refractivity contribution >= 4 is 33.5 Å². The van der Waals surface area contributed by atoms with E-state index < -0.39 is 17.7 Å². The van der Waals surface area contributed by atoms with Gasteiger partial charge in [0.1, 0.15) is 0 Å². The zero-order chi connectivity index (χ0) is 29.4. The maximum Gasteiger partial charge on any atom is 0.418 e. The minimum absolute atomic E-state index is 0.0780. The van der Waals surface area contributed by atoms with E-state index in [1.165, 1.54) is 6.07 Å². The number of aromatic carboxylic acids is 1. The van der Waals surface area contributed by atoms with Crippen molar-refractivity contribution in [1.82, 2.24) is 9.55 Å². The van der Waals surface area contributed by atoms with E-state index in [0.29, 0.717) is 29.3 Å². The monoisotopic (exact) mass is 565 g/mol. The van der Waals surface area contributed by atoms with Crippen LogP contribution in [0.15, 0.2) is 103 Å². The fraction of sp³-hybridized carbons (Fsp3) is 0.118. The summed E-state index contributed by atoms with van der Waals surface area (Å²) in [5, 5.41) is 14.0. The largest absolute Gasteiger partial charge is 0.478 e. The number of nitrogens with zero attached hydrogens (tertiary/aromatic N) is 2. The third-order valence-corrected chi connectivity index (χ3v) is 7.45. The summed E-state index contributed by atoms with van der Waals surface area (Å²) in [4.78, 5) is 16.0. The predicted molar refractivity (Wildman–Crippen MR) is 159 cm³/mol. The van der Waals surface area contributed by atoms with Gasteiger partial charge in [0, 0.05) is 48.0 Å². The van der Waals surface area contributed by atoms with Crippen LogP contribution in [0.25, 0.3) is 32.9 Å². The summed E-state index contributed by atoms with van der Waals surface area (Å²) < 4.78 is 43.5. The van der Waals surface area contributed by atoms with Crippen LogP contribution in [-0.4, -0.2) is 20.6 Å². The summed E-state index contributed by atoms with van der Waals surface area (Å²) in [5.41, 5.74) is 5.24. The van der Waals surface area contributed by atoms with Crippen molar-refractivity contribution in [3.8, 4) is 11.1 Å². The Balaban J connectivity index is 1.39. The first-order valence-electron chi connectivity index (χ1n) is 13.4. The Morgan fingerprint density at radius 1 is 0.905 bits per heavy atom. The van der Waals surface area contributed by atoms with E-state index in [9.17, 15) is 23.1 Å². The Hall–Kier alpha value is -5.11. The number of carboxylic acids is 1. The Morgan fingerprint density at radius 3 is 2.43 bits per heavy atom. The van der Waals surface area contributed by atoms with Crippen molar-refractivity contribution in [2.24, 2.45) is 7.05 Å². The number of para-hydroxylation sites is 1. The normalized spacial score (nSPS) is 11.7. The van der Waals surface area contributed by atoms with Crippen LogP contribution in [-0.2, 0) is 26.2 Å². The lowest BCUT2D eigenvalue weighted by molar-refractivity contribution is -0.136. The SMILES string of the molecule is Cn1cc(C(=O)O)c2cc(NCc3cccc(-c4c(Cc5ccccc5)cnc5c(C(F)(F)F)cccc45)c3)ccc21. The fourth-order valence-electron chi connectivity index (χ4n) is 5.50. The van der Waals surface area contributed by atoms with Gasteiger partial charge >= 0.3 is 12.1 Å². The van der Waals surface area contributed by atoms with Gasteiger partial charge in [0.25, 0.3) is 0 Å². The molecule has 0 aliphatic heterocycles. The molecular formula is C34H26F3N3O2. The molecule has 0 unspecified atom stereocenters. The number of pyridine rings is 1. The predicted octanol–water partition coefficient (Wildman–Crippen LogP) is 8.31. The van der Waals surface area contributed by atoms with Gasteiger partial charge in [-0.1, -0.05) is 60.7 Å². The molecule has 5 nitrogen and oxygen atoms in total. The van der Waals surface area contributed by atoms with Crippen molar-refractivity contribution in [3.63, 3.8) is 0 Å². The number of halogens is 3. The van der Waals surface area contributed by atoms with Gasteiger partial charge < -0.3 is 15.0 Å². The first kappa shape index (κ1) is 27.1. The van der Waals surface area contributed by atoms with Crippen molar-refractivity contribution < 1.29 is 23.1 Å². The minimum Gasteiger partial charge on any atom is -0.478 e. The maximum atomic E-state index is 13.9. The summed E-state index contributed by atoms with van der Waals surface area (Å²) >= 11 is 0. The standard InChI is InChI=1S/C34H26F3N3O2/c1-40-20-28(33(41)42)27-17-25(13-14-30(27)40)38-18-22-9-5-10-23(16-22)31-24(15-21-7-3-2-4-8-21)19-39-32-26(31)11-6-12-29(32)34(35,36)37/h2-14,16-17,19-20,38H,15,18H2,1H3,(H,41,42). The topological polar surface area (TPSA) is 67.2 Å². The fourth-order valence-corrected chi connectivity index (χ4v) is 5.50. The third kappa shape index (κ3) is 5.19. The van der Waals surface area contributed by atoms with Crippen LogP contribution in [0.5, 0.6) is 0 Å². The molecule has 8 heteroatoms. The molecule has 0 spiro atoms. The summed E-state index contributed by atoms with van der Waals surface area (Å²) in [7, 11) is 1.81. The van der Waals surface area contributed by atoms with Crippen molar-refractivity contribution in [2.45, 2.75) is 19.1 Å². The van der Waals surface area contributed by atoms with Gasteiger partial charge in [-0.2, -0.15) is 13.2 Å². The molecule has 2 aromatic heterocycles. The molecule has 6 rings (SSSR count). The smallest absolute Gasteiger partial charge is 0.418 e. The van der Waals surface area contributed by atoms with E-state index >= 15 is 0 Å². The number of fused-ring (bicyclic) bond motifs is 2. The van der Waals surface area contributed by atoms with Gasteiger partial charge in [0.15, 0.2) is 0 Å². The average molecular weight is 566 g/mol. The summed E-state index contributed by atoms with van der Waals surface area (Å²) in [6.45, 7) is 0.430. The van der Waals surface area contributed by atoms with E-state index in [1.807, 2.05) is 72.8 Å². The number of nitrogens with one attached hydrogen (secondary N) is 1. The van der Waals surface area contributed by atoms with Crippen molar-refractivity contribution in [2.75, 3.05) is 5.32 Å². The number of anilines is 1. The summed E-state index contributed by atoms with van der Waals surface area (Å²) in [6.07, 6.45) is -0.867. The highest BCUT2D eigenvalue weighted by atomic mass is 19.4. The van der Waals surface area contributed by atoms with E-state index in [0.717, 1.165) is 39.5 Å². The lowest BCUT2D eigenvalue weighted by Gasteiger charge is -2.17. The van der Waals surface area contributed by atoms with E-state index in [1.54, 1.807) is 30.1 Å². The second-order valence-electron chi connectivity index (χ2n) is 10.3. The number of aryl methyl sites for hydroxylation is 1. The zero-order valence-corrected chi connectivity index (χ0v) is 22.6. The van der Waals surface area contributed by atoms with Crippen LogP contribution < -0.4 is 5.32 Å². The van der Waals surface area contributed by atoms with Crippen LogP contribution in [0.3, 0.4) is 0 Å². The van der Waals surface area contributed by atoms with Gasteiger partial charge in [0.05, 0.1) is 16.6 Å². The van der Waals surface area contributed by atoms with Crippen LogP contribution in [0.4, 0.5) is 18.9 Å². The third-order valence-electron chi connectivity index (χ3n) is 7.45.